The van der Waals surface area contributed by atoms with Crippen LogP contribution < -0.4 is 0 Å². The van der Waals surface area contributed by atoms with Crippen molar-refractivity contribution in [3.8, 4) is 0 Å². The van der Waals surface area contributed by atoms with Gasteiger partial charge in [0.15, 0.2) is 0 Å². The van der Waals surface area contributed by atoms with Gasteiger partial charge in [-0.25, -0.2) is 0 Å². The zero-order chi connectivity index (χ0) is 18.6. The number of carbonyl (C=O) groups excluding carboxylic acids is 1. The van der Waals surface area contributed by atoms with Crippen LogP contribution in [0.3, 0.4) is 0 Å². The number of fused-ring (bicyclic) bond motifs is 1. The number of amides is 1. The lowest BCUT2D eigenvalue weighted by Crippen LogP contribution is -2.47. The second-order valence-electron chi connectivity index (χ2n) is 7.60. The standard InChI is InChI=1S/C20H28N6O/c1-23-8-11-25(12-9-23)20(27)3-2-18-14-19-16-24(10-13-26(19)22-18)15-17-4-6-21-7-5-17/h4-7,14H,2-3,8-13,15-16H2,1H3. The van der Waals surface area contributed by atoms with Crippen LogP contribution in [0.5, 0.6) is 0 Å². The van der Waals surface area contributed by atoms with Gasteiger partial charge in [-0.1, -0.05) is 0 Å². The van der Waals surface area contributed by atoms with Crippen molar-refractivity contribution >= 4 is 5.91 Å². The molecule has 7 heteroatoms. The molecule has 0 aliphatic carbocycles. The summed E-state index contributed by atoms with van der Waals surface area (Å²) in [6.45, 7) is 7.38. The summed E-state index contributed by atoms with van der Waals surface area (Å²) in [7, 11) is 2.11. The number of hydrogen-bond acceptors (Lipinski definition) is 5. The van der Waals surface area contributed by atoms with Crippen molar-refractivity contribution in [1.29, 1.82) is 0 Å². The average molecular weight is 368 g/mol. The molecule has 27 heavy (non-hydrogen) atoms. The fourth-order valence-electron chi connectivity index (χ4n) is 3.83. The zero-order valence-corrected chi connectivity index (χ0v) is 16.0. The van der Waals surface area contributed by atoms with E-state index in [-0.39, 0.29) is 5.91 Å². The Bertz CT molecular complexity index is 766. The van der Waals surface area contributed by atoms with E-state index < -0.39 is 0 Å². The van der Waals surface area contributed by atoms with E-state index in [0.717, 1.165) is 64.5 Å². The van der Waals surface area contributed by atoms with Crippen LogP contribution in [0.4, 0.5) is 0 Å². The molecule has 0 aromatic carbocycles. The molecule has 2 aliphatic rings. The van der Waals surface area contributed by atoms with Gasteiger partial charge in [-0.3, -0.25) is 19.4 Å². The van der Waals surface area contributed by atoms with E-state index in [1.54, 1.807) is 0 Å². The molecule has 1 saturated heterocycles. The van der Waals surface area contributed by atoms with Crippen molar-refractivity contribution < 1.29 is 4.79 Å². The van der Waals surface area contributed by atoms with Gasteiger partial charge in [0.2, 0.25) is 5.91 Å². The van der Waals surface area contributed by atoms with Crippen LogP contribution in [0.1, 0.15) is 23.4 Å². The fraction of sp³-hybridized carbons (Fsp3) is 0.550. The molecule has 2 aliphatic heterocycles. The number of pyridine rings is 1. The minimum Gasteiger partial charge on any atom is -0.340 e. The van der Waals surface area contributed by atoms with Gasteiger partial charge in [0.1, 0.15) is 0 Å². The van der Waals surface area contributed by atoms with Gasteiger partial charge < -0.3 is 9.80 Å². The number of nitrogens with zero attached hydrogens (tertiary/aromatic N) is 6. The van der Waals surface area contributed by atoms with E-state index >= 15 is 0 Å². The molecule has 0 bridgehead atoms. The van der Waals surface area contributed by atoms with Crippen molar-refractivity contribution in [2.45, 2.75) is 32.5 Å². The number of rotatable bonds is 5. The van der Waals surface area contributed by atoms with Crippen molar-refractivity contribution in [3.63, 3.8) is 0 Å². The summed E-state index contributed by atoms with van der Waals surface area (Å²) >= 11 is 0. The Labute approximate surface area is 160 Å². The molecule has 7 nitrogen and oxygen atoms in total. The molecule has 0 atom stereocenters. The molecule has 4 heterocycles. The predicted molar refractivity (Wildman–Crippen MR) is 103 cm³/mol. The number of aryl methyl sites for hydroxylation is 1. The van der Waals surface area contributed by atoms with E-state index in [4.69, 9.17) is 5.10 Å². The zero-order valence-electron chi connectivity index (χ0n) is 16.0. The van der Waals surface area contributed by atoms with Crippen molar-refractivity contribution in [2.75, 3.05) is 39.8 Å². The summed E-state index contributed by atoms with van der Waals surface area (Å²) in [5.74, 6) is 0.258. The van der Waals surface area contributed by atoms with Gasteiger partial charge in [0.25, 0.3) is 0 Å². The topological polar surface area (TPSA) is 57.5 Å². The largest absolute Gasteiger partial charge is 0.340 e. The van der Waals surface area contributed by atoms with Crippen LogP contribution in [-0.4, -0.2) is 75.1 Å². The smallest absolute Gasteiger partial charge is 0.223 e. The van der Waals surface area contributed by atoms with Crippen LogP contribution in [0.25, 0.3) is 0 Å². The molecule has 4 rings (SSSR count). The molecular formula is C20H28N6O. The highest BCUT2D eigenvalue weighted by atomic mass is 16.2. The Morgan fingerprint density at radius 1 is 1.07 bits per heavy atom. The lowest BCUT2D eigenvalue weighted by atomic mass is 10.2. The molecule has 0 radical (unpaired) electrons. The van der Waals surface area contributed by atoms with Crippen molar-refractivity contribution in [1.82, 2.24) is 29.5 Å². The van der Waals surface area contributed by atoms with Gasteiger partial charge in [-0.05, 0) is 30.8 Å². The maximum absolute atomic E-state index is 12.4. The summed E-state index contributed by atoms with van der Waals surface area (Å²) in [4.78, 5) is 23.2. The SMILES string of the molecule is CN1CCN(C(=O)CCc2cc3n(n2)CCN(Cc2ccncc2)C3)CC1. The van der Waals surface area contributed by atoms with E-state index in [2.05, 4.69) is 44.7 Å². The molecule has 0 N–H and O–H groups in total. The van der Waals surface area contributed by atoms with Crippen LogP contribution in [0.2, 0.25) is 0 Å². The number of aromatic nitrogens is 3. The minimum atomic E-state index is 0.258. The number of likely N-dealkylation sites (N-methyl/N-ethyl adjacent to an activating group) is 1. The van der Waals surface area contributed by atoms with Crippen molar-refractivity contribution in [3.05, 3.63) is 47.5 Å². The summed E-state index contributed by atoms with van der Waals surface area (Å²) in [6, 6.07) is 6.32. The quantitative estimate of drug-likeness (QED) is 0.788. The molecule has 2 aromatic heterocycles. The molecule has 0 spiro atoms. The summed E-state index contributed by atoms with van der Waals surface area (Å²) in [5.41, 5.74) is 3.58. The van der Waals surface area contributed by atoms with E-state index in [9.17, 15) is 4.79 Å². The first-order chi connectivity index (χ1) is 13.2. The van der Waals surface area contributed by atoms with E-state index in [1.807, 2.05) is 17.3 Å². The Morgan fingerprint density at radius 2 is 1.85 bits per heavy atom. The Hall–Kier alpha value is -2.25. The van der Waals surface area contributed by atoms with E-state index in [1.165, 1.54) is 11.3 Å². The van der Waals surface area contributed by atoms with Crippen LogP contribution in [0.15, 0.2) is 30.6 Å². The Balaban J connectivity index is 1.30. The number of piperazine rings is 1. The van der Waals surface area contributed by atoms with E-state index in [0.29, 0.717) is 6.42 Å². The number of hydrogen-bond donors (Lipinski definition) is 0. The van der Waals surface area contributed by atoms with Gasteiger partial charge in [0, 0.05) is 71.0 Å². The molecule has 1 fully saturated rings. The summed E-state index contributed by atoms with van der Waals surface area (Å²) in [5, 5.41) is 4.72. The average Bonchev–Trinajstić information content (AvgIpc) is 3.10. The summed E-state index contributed by atoms with van der Waals surface area (Å²) in [6.07, 6.45) is 4.98. The second-order valence-corrected chi connectivity index (χ2v) is 7.60. The first-order valence-corrected chi connectivity index (χ1v) is 9.80. The van der Waals surface area contributed by atoms with Crippen LogP contribution in [0, 0.1) is 0 Å². The maximum Gasteiger partial charge on any atom is 0.223 e. The highest BCUT2D eigenvalue weighted by molar-refractivity contribution is 5.76. The molecule has 0 saturated carbocycles. The molecule has 0 unspecified atom stereocenters. The third-order valence-corrected chi connectivity index (χ3v) is 5.53. The summed E-state index contributed by atoms with van der Waals surface area (Å²) < 4.78 is 2.11. The Morgan fingerprint density at radius 3 is 2.63 bits per heavy atom. The molecular weight excluding hydrogens is 340 g/mol. The van der Waals surface area contributed by atoms with Crippen LogP contribution in [-0.2, 0) is 30.8 Å². The molecule has 1 amide bonds. The van der Waals surface area contributed by atoms with Crippen molar-refractivity contribution in [2.24, 2.45) is 0 Å². The first kappa shape index (κ1) is 18.1. The van der Waals surface area contributed by atoms with Gasteiger partial charge in [0.05, 0.1) is 17.9 Å². The van der Waals surface area contributed by atoms with Gasteiger partial charge >= 0.3 is 0 Å². The Kier molecular flexibility index (Phi) is 5.50. The minimum absolute atomic E-state index is 0.258. The highest BCUT2D eigenvalue weighted by Gasteiger charge is 2.21. The van der Waals surface area contributed by atoms with Crippen LogP contribution >= 0.6 is 0 Å². The molecule has 144 valence electrons. The maximum atomic E-state index is 12.4. The highest BCUT2D eigenvalue weighted by Crippen LogP contribution is 2.17. The fourth-order valence-corrected chi connectivity index (χ4v) is 3.83. The van der Waals surface area contributed by atoms with Gasteiger partial charge in [-0.15, -0.1) is 0 Å². The normalized spacial score (nSPS) is 18.5. The third kappa shape index (κ3) is 4.54. The lowest BCUT2D eigenvalue weighted by molar-refractivity contribution is -0.132. The third-order valence-electron chi connectivity index (χ3n) is 5.53. The number of carbonyl (C=O) groups is 1. The first-order valence-electron chi connectivity index (χ1n) is 9.80. The monoisotopic (exact) mass is 368 g/mol. The lowest BCUT2D eigenvalue weighted by Gasteiger charge is -2.32. The predicted octanol–water partition coefficient (Wildman–Crippen LogP) is 1.00. The molecule has 2 aromatic rings. The second kappa shape index (κ2) is 8.19. The van der Waals surface area contributed by atoms with Gasteiger partial charge in [-0.2, -0.15) is 5.10 Å².